The van der Waals surface area contributed by atoms with Gasteiger partial charge in [0.15, 0.2) is 12.1 Å². The quantitative estimate of drug-likeness (QED) is 0.822. The van der Waals surface area contributed by atoms with Crippen LogP contribution in [0.15, 0.2) is 24.3 Å². The van der Waals surface area contributed by atoms with Gasteiger partial charge >= 0.3 is 0 Å². The van der Waals surface area contributed by atoms with E-state index in [1.165, 1.54) is 0 Å². The molecule has 0 aromatic heterocycles. The van der Waals surface area contributed by atoms with Gasteiger partial charge in [-0.05, 0) is 38.5 Å². The lowest BCUT2D eigenvalue weighted by Crippen LogP contribution is -2.56. The van der Waals surface area contributed by atoms with Crippen molar-refractivity contribution in [3.05, 3.63) is 29.8 Å². The first-order valence-corrected chi connectivity index (χ1v) is 8.22. The second-order valence-electron chi connectivity index (χ2n) is 6.63. The van der Waals surface area contributed by atoms with Crippen molar-refractivity contribution in [2.75, 3.05) is 14.2 Å². The molecule has 5 atom stereocenters. The molecule has 0 bridgehead atoms. The highest BCUT2D eigenvalue weighted by molar-refractivity contribution is 5.26. The summed E-state index contributed by atoms with van der Waals surface area (Å²) in [6.45, 7) is 6.22. The molecule has 0 spiro atoms. The Morgan fingerprint density at radius 2 is 1.71 bits per heavy atom. The number of rotatable bonds is 5. The van der Waals surface area contributed by atoms with Gasteiger partial charge in [0.25, 0.3) is 0 Å². The van der Waals surface area contributed by atoms with Crippen LogP contribution in [-0.2, 0) is 30.3 Å². The first-order chi connectivity index (χ1) is 11.4. The minimum Gasteiger partial charge on any atom is -0.497 e. The summed E-state index contributed by atoms with van der Waals surface area (Å²) in [6.07, 6.45) is -1.38. The summed E-state index contributed by atoms with van der Waals surface area (Å²) < 4.78 is 34.6. The molecule has 0 N–H and O–H groups in total. The van der Waals surface area contributed by atoms with Gasteiger partial charge in [-0.3, -0.25) is 0 Å². The molecule has 0 amide bonds. The molecule has 0 unspecified atom stereocenters. The zero-order valence-corrected chi connectivity index (χ0v) is 14.9. The molecule has 134 valence electrons. The molecule has 2 heterocycles. The zero-order chi connectivity index (χ0) is 17.3. The lowest BCUT2D eigenvalue weighted by atomic mass is 9.99. The van der Waals surface area contributed by atoms with Crippen LogP contribution in [0, 0.1) is 0 Å². The van der Waals surface area contributed by atoms with Crippen molar-refractivity contribution in [2.24, 2.45) is 0 Å². The van der Waals surface area contributed by atoms with E-state index in [1.807, 2.05) is 45.0 Å². The molecule has 2 saturated heterocycles. The van der Waals surface area contributed by atoms with E-state index in [0.29, 0.717) is 6.61 Å². The van der Waals surface area contributed by atoms with Crippen molar-refractivity contribution in [2.45, 2.75) is 63.9 Å². The van der Waals surface area contributed by atoms with E-state index >= 15 is 0 Å². The Kier molecular flexibility index (Phi) is 5.13. The van der Waals surface area contributed by atoms with Gasteiger partial charge in [-0.25, -0.2) is 0 Å². The molecule has 0 aliphatic carbocycles. The summed E-state index contributed by atoms with van der Waals surface area (Å²) in [4.78, 5) is 0. The maximum atomic E-state index is 6.13. The Bertz CT molecular complexity index is 543. The van der Waals surface area contributed by atoms with Crippen LogP contribution in [0.1, 0.15) is 26.3 Å². The smallest absolute Gasteiger partial charge is 0.186 e. The minimum absolute atomic E-state index is 0.160. The third kappa shape index (κ3) is 3.58. The van der Waals surface area contributed by atoms with Crippen LogP contribution in [0.2, 0.25) is 0 Å². The van der Waals surface area contributed by atoms with Crippen molar-refractivity contribution in [1.82, 2.24) is 0 Å². The summed E-state index contributed by atoms with van der Waals surface area (Å²) in [5.74, 6) is 0.145. The predicted molar refractivity (Wildman–Crippen MR) is 86.7 cm³/mol. The lowest BCUT2D eigenvalue weighted by Gasteiger charge is -2.40. The second kappa shape index (κ2) is 6.98. The number of fused-ring (bicyclic) bond motifs is 1. The van der Waals surface area contributed by atoms with E-state index in [-0.39, 0.29) is 24.4 Å². The van der Waals surface area contributed by atoms with Crippen LogP contribution in [0.25, 0.3) is 0 Å². The molecular formula is C18H26O6. The van der Waals surface area contributed by atoms with Crippen molar-refractivity contribution < 1.29 is 28.4 Å². The van der Waals surface area contributed by atoms with E-state index < -0.39 is 12.1 Å². The van der Waals surface area contributed by atoms with Gasteiger partial charge in [-0.2, -0.15) is 0 Å². The van der Waals surface area contributed by atoms with E-state index in [0.717, 1.165) is 11.3 Å². The molecule has 2 fully saturated rings. The van der Waals surface area contributed by atoms with Crippen molar-refractivity contribution in [3.63, 3.8) is 0 Å². The van der Waals surface area contributed by atoms with E-state index in [1.54, 1.807) is 14.2 Å². The van der Waals surface area contributed by atoms with Crippen molar-refractivity contribution in [1.29, 1.82) is 0 Å². The van der Waals surface area contributed by atoms with Crippen molar-refractivity contribution >= 4 is 0 Å². The average Bonchev–Trinajstić information content (AvgIpc) is 2.89. The molecule has 2 aliphatic heterocycles. The van der Waals surface area contributed by atoms with Gasteiger partial charge in [0.2, 0.25) is 0 Å². The van der Waals surface area contributed by atoms with Gasteiger partial charge in [0, 0.05) is 7.11 Å². The van der Waals surface area contributed by atoms with Crippen LogP contribution < -0.4 is 4.74 Å². The topological polar surface area (TPSA) is 55.4 Å². The Morgan fingerprint density at radius 1 is 1.04 bits per heavy atom. The van der Waals surface area contributed by atoms with Gasteiger partial charge in [-0.15, -0.1) is 0 Å². The summed E-state index contributed by atoms with van der Waals surface area (Å²) in [5, 5.41) is 0. The van der Waals surface area contributed by atoms with Gasteiger partial charge in [-0.1, -0.05) is 12.1 Å². The molecular weight excluding hydrogens is 312 g/mol. The monoisotopic (exact) mass is 338 g/mol. The normalized spacial score (nSPS) is 34.8. The first-order valence-electron chi connectivity index (χ1n) is 8.22. The maximum Gasteiger partial charge on any atom is 0.186 e. The fraction of sp³-hybridized carbons (Fsp3) is 0.667. The third-order valence-electron chi connectivity index (χ3n) is 4.40. The fourth-order valence-corrected chi connectivity index (χ4v) is 3.25. The molecule has 2 aliphatic rings. The second-order valence-corrected chi connectivity index (χ2v) is 6.63. The third-order valence-corrected chi connectivity index (χ3v) is 4.40. The highest BCUT2D eigenvalue weighted by atomic mass is 16.8. The highest BCUT2D eigenvalue weighted by Crippen LogP contribution is 2.39. The summed E-state index contributed by atoms with van der Waals surface area (Å²) >= 11 is 0. The SMILES string of the molecule is COc1ccc(CO[C@@H]2[C@H]3OC(C)(C)O[C@H]3[C@H](OC)O[C@H]2C)cc1. The van der Waals surface area contributed by atoms with Crippen molar-refractivity contribution in [3.8, 4) is 5.75 Å². The molecule has 6 nitrogen and oxygen atoms in total. The largest absolute Gasteiger partial charge is 0.497 e. The van der Waals surface area contributed by atoms with Crippen LogP contribution >= 0.6 is 0 Å². The van der Waals surface area contributed by atoms with Crippen LogP contribution in [0.5, 0.6) is 5.75 Å². The summed E-state index contributed by atoms with van der Waals surface area (Å²) in [5.41, 5.74) is 1.06. The maximum absolute atomic E-state index is 6.13. The minimum atomic E-state index is -0.679. The lowest BCUT2D eigenvalue weighted by molar-refractivity contribution is -0.271. The number of hydrogen-bond acceptors (Lipinski definition) is 6. The fourth-order valence-electron chi connectivity index (χ4n) is 3.25. The molecule has 0 radical (unpaired) electrons. The molecule has 24 heavy (non-hydrogen) atoms. The number of ether oxygens (including phenoxy) is 6. The first kappa shape index (κ1) is 17.6. The van der Waals surface area contributed by atoms with Gasteiger partial charge in [0.05, 0.1) is 19.8 Å². The molecule has 3 rings (SSSR count). The number of benzene rings is 1. The number of hydrogen-bond donors (Lipinski definition) is 0. The van der Waals surface area contributed by atoms with Crippen LogP contribution in [0.3, 0.4) is 0 Å². The molecule has 6 heteroatoms. The summed E-state index contributed by atoms with van der Waals surface area (Å²) in [6, 6.07) is 7.81. The zero-order valence-electron chi connectivity index (χ0n) is 14.9. The van der Waals surface area contributed by atoms with Crippen LogP contribution in [0.4, 0.5) is 0 Å². The van der Waals surface area contributed by atoms with E-state index in [2.05, 4.69) is 0 Å². The predicted octanol–water partition coefficient (Wildman–Crippen LogP) is 2.49. The Hall–Kier alpha value is -1.18. The molecule has 0 saturated carbocycles. The Morgan fingerprint density at radius 3 is 2.33 bits per heavy atom. The molecule has 1 aromatic carbocycles. The summed E-state index contributed by atoms with van der Waals surface area (Å²) in [7, 11) is 3.26. The standard InChI is InChI=1S/C18H26O6/c1-11-14(21-10-12-6-8-13(19-4)9-7-12)15-16(17(20-5)22-11)24-18(2,3)23-15/h6-9,11,14-17H,10H2,1-5H3/t11-,14-,15+,16+,17+/m0/s1. The van der Waals surface area contributed by atoms with Gasteiger partial charge in [0.1, 0.15) is 24.1 Å². The molecule has 1 aromatic rings. The average molecular weight is 338 g/mol. The van der Waals surface area contributed by atoms with Gasteiger partial charge < -0.3 is 28.4 Å². The Labute approximate surface area is 142 Å². The number of methoxy groups -OCH3 is 2. The van der Waals surface area contributed by atoms with E-state index in [4.69, 9.17) is 28.4 Å². The van der Waals surface area contributed by atoms with E-state index in [9.17, 15) is 0 Å². The van der Waals surface area contributed by atoms with Crippen LogP contribution in [-0.4, -0.2) is 50.7 Å². The highest BCUT2D eigenvalue weighted by Gasteiger charge is 2.55. The Balaban J connectivity index is 1.69.